The molecule has 1 aromatic heterocycles. The highest BCUT2D eigenvalue weighted by atomic mass is 16.5. The van der Waals surface area contributed by atoms with Crippen molar-refractivity contribution in [1.29, 1.82) is 0 Å². The van der Waals surface area contributed by atoms with Crippen LogP contribution in [0.2, 0.25) is 0 Å². The van der Waals surface area contributed by atoms with Gasteiger partial charge in [0.1, 0.15) is 6.04 Å². The predicted octanol–water partition coefficient (Wildman–Crippen LogP) is 1.60. The Bertz CT molecular complexity index is 1220. The Kier molecular flexibility index (Phi) is 6.95. The number of methoxy groups -OCH3 is 2. The fourth-order valence-electron chi connectivity index (χ4n) is 4.00. The summed E-state index contributed by atoms with van der Waals surface area (Å²) >= 11 is 0. The second-order valence-electron chi connectivity index (χ2n) is 7.87. The van der Waals surface area contributed by atoms with Crippen molar-refractivity contribution >= 4 is 23.8 Å². The van der Waals surface area contributed by atoms with Gasteiger partial charge in [-0.2, -0.15) is 0 Å². The van der Waals surface area contributed by atoms with Crippen molar-refractivity contribution in [3.63, 3.8) is 0 Å². The molecule has 0 fully saturated rings. The molecule has 2 aromatic carbocycles. The van der Waals surface area contributed by atoms with E-state index in [1.807, 2.05) is 30.3 Å². The zero-order chi connectivity index (χ0) is 24.9. The number of aromatic nitrogens is 4. The van der Waals surface area contributed by atoms with Crippen molar-refractivity contribution in [2.75, 3.05) is 14.2 Å². The summed E-state index contributed by atoms with van der Waals surface area (Å²) < 4.78 is 9.76. The maximum atomic E-state index is 12.9. The van der Waals surface area contributed by atoms with E-state index >= 15 is 0 Å². The summed E-state index contributed by atoms with van der Waals surface area (Å²) in [5.74, 6) is -2.23. The molecule has 2 amide bonds. The molecule has 4 rings (SSSR count). The minimum atomic E-state index is -1.24. The van der Waals surface area contributed by atoms with Gasteiger partial charge in [-0.15, -0.1) is 15.0 Å². The highest BCUT2D eigenvalue weighted by Crippen LogP contribution is 2.28. The van der Waals surface area contributed by atoms with Crippen LogP contribution in [-0.2, 0) is 25.5 Å². The maximum absolute atomic E-state index is 12.9. The van der Waals surface area contributed by atoms with Crippen LogP contribution in [0.4, 0.5) is 0 Å². The van der Waals surface area contributed by atoms with Crippen molar-refractivity contribution in [2.45, 2.75) is 31.3 Å². The summed E-state index contributed by atoms with van der Waals surface area (Å²) in [6, 6.07) is 13.6. The van der Waals surface area contributed by atoms with E-state index in [0.29, 0.717) is 12.2 Å². The molecular formula is C24H23N5O6. The van der Waals surface area contributed by atoms with Gasteiger partial charge in [-0.05, 0) is 35.8 Å². The van der Waals surface area contributed by atoms with Gasteiger partial charge in [0.25, 0.3) is 11.8 Å². The molecule has 2 atom stereocenters. The number of benzene rings is 2. The first-order chi connectivity index (χ1) is 16.9. The van der Waals surface area contributed by atoms with Crippen LogP contribution in [0.1, 0.15) is 51.0 Å². The number of hydrogen-bond donors (Lipinski definition) is 0. The Labute approximate surface area is 200 Å². The van der Waals surface area contributed by atoms with Crippen LogP contribution in [0.15, 0.2) is 54.6 Å². The smallest absolute Gasteiger partial charge is 0.332 e. The molecule has 35 heavy (non-hydrogen) atoms. The molecular weight excluding hydrogens is 454 g/mol. The van der Waals surface area contributed by atoms with Crippen LogP contribution < -0.4 is 0 Å². The zero-order valence-electron chi connectivity index (χ0n) is 19.2. The second-order valence-corrected chi connectivity index (χ2v) is 7.87. The van der Waals surface area contributed by atoms with Gasteiger partial charge in [-0.3, -0.25) is 14.5 Å². The predicted molar refractivity (Wildman–Crippen MR) is 120 cm³/mol. The molecule has 0 bridgehead atoms. The lowest BCUT2D eigenvalue weighted by Crippen LogP contribution is -2.46. The van der Waals surface area contributed by atoms with E-state index in [2.05, 4.69) is 15.4 Å². The number of rotatable bonds is 9. The van der Waals surface area contributed by atoms with Gasteiger partial charge in [-0.1, -0.05) is 42.5 Å². The minimum Gasteiger partial charge on any atom is -0.467 e. The normalized spacial score (nSPS) is 14.4. The third-order valence-corrected chi connectivity index (χ3v) is 5.75. The van der Waals surface area contributed by atoms with Gasteiger partial charge in [0.05, 0.1) is 25.3 Å². The third-order valence-electron chi connectivity index (χ3n) is 5.75. The number of ether oxygens (including phenoxy) is 2. The van der Waals surface area contributed by atoms with Crippen LogP contribution >= 0.6 is 0 Å². The van der Waals surface area contributed by atoms with Crippen molar-refractivity contribution in [3.8, 4) is 0 Å². The molecule has 11 heteroatoms. The summed E-state index contributed by atoms with van der Waals surface area (Å²) in [7, 11) is 2.39. The van der Waals surface area contributed by atoms with Gasteiger partial charge in [0, 0.05) is 6.42 Å². The van der Waals surface area contributed by atoms with E-state index in [-0.39, 0.29) is 24.0 Å². The van der Waals surface area contributed by atoms with Crippen molar-refractivity contribution in [3.05, 3.63) is 77.1 Å². The fraction of sp³-hybridized carbons (Fsp3) is 0.292. The van der Waals surface area contributed by atoms with Gasteiger partial charge >= 0.3 is 11.9 Å². The molecule has 3 aromatic rings. The molecule has 0 radical (unpaired) electrons. The summed E-state index contributed by atoms with van der Waals surface area (Å²) in [5, 5.41) is 12.3. The summed E-state index contributed by atoms with van der Waals surface area (Å²) in [6.07, 6.45) is 0.322. The Morgan fingerprint density at radius 3 is 1.97 bits per heavy atom. The molecule has 1 aliphatic heterocycles. The Hall–Kier alpha value is -4.41. The number of imide groups is 1. The van der Waals surface area contributed by atoms with Gasteiger partial charge in [0.15, 0.2) is 11.9 Å². The number of hydrogen-bond acceptors (Lipinski definition) is 9. The third kappa shape index (κ3) is 4.79. The summed E-state index contributed by atoms with van der Waals surface area (Å²) in [5.41, 5.74) is 1.39. The molecule has 0 saturated carbocycles. The van der Waals surface area contributed by atoms with Crippen molar-refractivity contribution in [1.82, 2.24) is 25.1 Å². The van der Waals surface area contributed by atoms with Gasteiger partial charge in [-0.25, -0.2) is 9.59 Å². The maximum Gasteiger partial charge on any atom is 0.332 e. The van der Waals surface area contributed by atoms with E-state index in [4.69, 9.17) is 9.47 Å². The Morgan fingerprint density at radius 1 is 0.829 bits per heavy atom. The monoisotopic (exact) mass is 477 g/mol. The highest BCUT2D eigenvalue weighted by Gasteiger charge is 2.43. The van der Waals surface area contributed by atoms with Crippen molar-refractivity contribution in [2.24, 2.45) is 0 Å². The highest BCUT2D eigenvalue weighted by molar-refractivity contribution is 6.22. The van der Waals surface area contributed by atoms with E-state index < -0.39 is 35.8 Å². The molecule has 2 heterocycles. The SMILES string of the molecule is COC(=O)C(CCC(C(=O)OC)n1nnc(Cc2ccccc2)n1)N1C(=O)c2ccccc2C1=O. The molecule has 0 N–H and O–H groups in total. The van der Waals surface area contributed by atoms with Crippen LogP contribution in [0.25, 0.3) is 0 Å². The van der Waals surface area contributed by atoms with E-state index in [1.165, 1.54) is 26.4 Å². The molecule has 2 unspecified atom stereocenters. The number of tetrazole rings is 1. The van der Waals surface area contributed by atoms with E-state index in [9.17, 15) is 19.2 Å². The Morgan fingerprint density at radius 2 is 1.37 bits per heavy atom. The number of carbonyl (C=O) groups excluding carboxylic acids is 4. The summed E-state index contributed by atoms with van der Waals surface area (Å²) in [4.78, 5) is 53.0. The van der Waals surface area contributed by atoms with Crippen LogP contribution in [-0.4, -0.2) is 69.1 Å². The average Bonchev–Trinajstić information content (AvgIpc) is 3.44. The number of esters is 2. The van der Waals surface area contributed by atoms with Crippen molar-refractivity contribution < 1.29 is 28.7 Å². The number of amides is 2. The number of nitrogens with zero attached hydrogens (tertiary/aromatic N) is 5. The van der Waals surface area contributed by atoms with Crippen LogP contribution in [0.3, 0.4) is 0 Å². The number of fused-ring (bicyclic) bond motifs is 1. The molecule has 11 nitrogen and oxygen atoms in total. The first-order valence-electron chi connectivity index (χ1n) is 10.9. The first kappa shape index (κ1) is 23.7. The van der Waals surface area contributed by atoms with Gasteiger partial charge in [0.2, 0.25) is 0 Å². The Balaban J connectivity index is 1.55. The zero-order valence-corrected chi connectivity index (χ0v) is 19.2. The number of carbonyl (C=O) groups is 4. The largest absolute Gasteiger partial charge is 0.467 e. The quantitative estimate of drug-likeness (QED) is 0.333. The van der Waals surface area contributed by atoms with Crippen LogP contribution in [0.5, 0.6) is 0 Å². The average molecular weight is 477 g/mol. The molecule has 1 aliphatic rings. The van der Waals surface area contributed by atoms with Crippen LogP contribution in [0, 0.1) is 0 Å². The first-order valence-corrected chi connectivity index (χ1v) is 10.9. The van der Waals surface area contributed by atoms with Gasteiger partial charge < -0.3 is 9.47 Å². The lowest BCUT2D eigenvalue weighted by Gasteiger charge is -2.25. The fourth-order valence-corrected chi connectivity index (χ4v) is 4.00. The van der Waals surface area contributed by atoms with E-state index in [0.717, 1.165) is 15.3 Å². The topological polar surface area (TPSA) is 134 Å². The summed E-state index contributed by atoms with van der Waals surface area (Å²) in [6.45, 7) is 0. The standard InChI is InChI=1S/C24H23N5O6/c1-34-23(32)18(28-21(30)16-10-6-7-11-17(16)22(28)31)12-13-19(24(33)35-2)29-26-20(25-27-29)14-15-8-4-3-5-9-15/h3-11,18-19H,12-14H2,1-2H3. The lowest BCUT2D eigenvalue weighted by molar-refractivity contribution is -0.148. The molecule has 0 aliphatic carbocycles. The molecule has 180 valence electrons. The minimum absolute atomic E-state index is 0.0129. The molecule has 0 saturated heterocycles. The second kappa shape index (κ2) is 10.2. The molecule has 0 spiro atoms. The lowest BCUT2D eigenvalue weighted by atomic mass is 10.0. The van der Waals surface area contributed by atoms with E-state index in [1.54, 1.807) is 12.1 Å².